The van der Waals surface area contributed by atoms with Gasteiger partial charge in [0.05, 0.1) is 18.3 Å². The first kappa shape index (κ1) is 20.8. The summed E-state index contributed by atoms with van der Waals surface area (Å²) in [4.78, 5) is 0.145. The van der Waals surface area contributed by atoms with Gasteiger partial charge in [-0.15, -0.1) is 0 Å². The van der Waals surface area contributed by atoms with Crippen LogP contribution in [0.4, 0.5) is 0 Å². The highest BCUT2D eigenvalue weighted by atomic mass is 32.2. The molecule has 1 aliphatic heterocycles. The molecule has 0 bridgehead atoms. The van der Waals surface area contributed by atoms with E-state index in [1.165, 1.54) is 15.7 Å². The Hall–Kier alpha value is -1.94. The van der Waals surface area contributed by atoms with Gasteiger partial charge in [0, 0.05) is 13.1 Å². The van der Waals surface area contributed by atoms with E-state index in [4.69, 9.17) is 4.74 Å². The molecule has 0 saturated carbocycles. The Morgan fingerprint density at radius 3 is 2.00 bits per heavy atom. The van der Waals surface area contributed by atoms with E-state index in [0.29, 0.717) is 17.7 Å². The van der Waals surface area contributed by atoms with Gasteiger partial charge in [-0.25, -0.2) is 16.8 Å². The van der Waals surface area contributed by atoms with Crippen LogP contribution < -0.4 is 4.74 Å². The molecule has 0 unspecified atom stereocenters. The molecule has 0 spiro atoms. The molecule has 9 heteroatoms. The average molecular weight is 425 g/mol. The Bertz CT molecular complexity index is 1030. The van der Waals surface area contributed by atoms with Gasteiger partial charge >= 0.3 is 0 Å². The fraction of sp³-hybridized carbons (Fsp3) is 0.368. The summed E-state index contributed by atoms with van der Waals surface area (Å²) in [6, 6.07) is 13.4. The number of benzene rings is 2. The Balaban J connectivity index is 2.11. The van der Waals surface area contributed by atoms with Crippen molar-refractivity contribution in [3.05, 3.63) is 59.7 Å². The first-order valence-corrected chi connectivity index (χ1v) is 12.1. The van der Waals surface area contributed by atoms with Crippen molar-refractivity contribution in [3.8, 4) is 5.75 Å². The van der Waals surface area contributed by atoms with Crippen molar-refractivity contribution >= 4 is 20.0 Å². The topological polar surface area (TPSA) is 84.0 Å². The summed E-state index contributed by atoms with van der Waals surface area (Å²) in [5, 5.41) is 0. The molecular weight excluding hydrogens is 400 g/mol. The van der Waals surface area contributed by atoms with Crippen LogP contribution in [0.5, 0.6) is 5.75 Å². The predicted molar refractivity (Wildman–Crippen MR) is 107 cm³/mol. The van der Waals surface area contributed by atoms with Crippen LogP contribution in [0, 0.1) is 6.92 Å². The smallest absolute Gasteiger partial charge is 0.244 e. The van der Waals surface area contributed by atoms with Crippen LogP contribution in [0.15, 0.2) is 53.4 Å². The molecule has 0 N–H and O–H groups in total. The van der Waals surface area contributed by atoms with E-state index in [9.17, 15) is 16.8 Å². The molecule has 0 aromatic heterocycles. The van der Waals surface area contributed by atoms with Gasteiger partial charge in [-0.2, -0.15) is 8.61 Å². The Morgan fingerprint density at radius 2 is 1.46 bits per heavy atom. The quantitative estimate of drug-likeness (QED) is 0.736. The fourth-order valence-corrected chi connectivity index (χ4v) is 6.06. The molecule has 0 amide bonds. The number of hydrogen-bond donors (Lipinski definition) is 0. The molecule has 28 heavy (non-hydrogen) atoms. The zero-order valence-corrected chi connectivity index (χ0v) is 17.7. The third kappa shape index (κ3) is 4.07. The van der Waals surface area contributed by atoms with Gasteiger partial charge in [0.1, 0.15) is 11.9 Å². The van der Waals surface area contributed by atoms with E-state index in [1.54, 1.807) is 48.5 Å². The van der Waals surface area contributed by atoms with E-state index >= 15 is 0 Å². The van der Waals surface area contributed by atoms with E-state index in [-0.39, 0.29) is 18.0 Å². The van der Waals surface area contributed by atoms with E-state index < -0.39 is 26.2 Å². The summed E-state index contributed by atoms with van der Waals surface area (Å²) in [7, 11) is -5.98. The Morgan fingerprint density at radius 1 is 0.893 bits per heavy atom. The van der Waals surface area contributed by atoms with Crippen LogP contribution in [-0.4, -0.2) is 51.9 Å². The Labute approximate surface area is 166 Å². The molecular formula is C19H24N2O5S2. The molecule has 2 aromatic rings. The molecule has 1 fully saturated rings. The molecule has 152 valence electrons. The Kier molecular flexibility index (Phi) is 5.81. The minimum atomic E-state index is -3.89. The van der Waals surface area contributed by atoms with Crippen LogP contribution in [0.1, 0.15) is 23.7 Å². The number of rotatable bonds is 5. The van der Waals surface area contributed by atoms with Crippen molar-refractivity contribution in [2.45, 2.75) is 24.4 Å². The van der Waals surface area contributed by atoms with Gasteiger partial charge in [-0.3, -0.25) is 0 Å². The highest BCUT2D eigenvalue weighted by Crippen LogP contribution is 2.36. The second-order valence-corrected chi connectivity index (χ2v) is 10.6. The molecule has 1 atom stereocenters. The molecule has 0 aliphatic carbocycles. The van der Waals surface area contributed by atoms with E-state index in [0.717, 1.165) is 11.8 Å². The lowest BCUT2D eigenvalue weighted by atomic mass is 10.1. The number of sulfonamides is 2. The van der Waals surface area contributed by atoms with Crippen molar-refractivity contribution < 1.29 is 21.6 Å². The highest BCUT2D eigenvalue weighted by molar-refractivity contribution is 7.89. The van der Waals surface area contributed by atoms with Gasteiger partial charge in [-0.05, 0) is 43.2 Å². The minimum absolute atomic E-state index is 0.145. The largest absolute Gasteiger partial charge is 0.497 e. The zero-order chi connectivity index (χ0) is 20.5. The summed E-state index contributed by atoms with van der Waals surface area (Å²) >= 11 is 0. The average Bonchev–Trinajstić information content (AvgIpc) is 2.67. The molecule has 1 saturated heterocycles. The van der Waals surface area contributed by atoms with Gasteiger partial charge < -0.3 is 4.74 Å². The second-order valence-electron chi connectivity index (χ2n) is 6.80. The van der Waals surface area contributed by atoms with Gasteiger partial charge in [-0.1, -0.05) is 29.8 Å². The van der Waals surface area contributed by atoms with Crippen LogP contribution >= 0.6 is 0 Å². The van der Waals surface area contributed by atoms with E-state index in [2.05, 4.69) is 0 Å². The molecule has 1 aliphatic rings. The van der Waals surface area contributed by atoms with Gasteiger partial charge in [0.15, 0.2) is 0 Å². The van der Waals surface area contributed by atoms with Crippen molar-refractivity contribution in [2.75, 3.05) is 26.5 Å². The number of aryl methyl sites for hydroxylation is 1. The highest BCUT2D eigenvalue weighted by Gasteiger charge is 2.42. The third-order valence-corrected chi connectivity index (χ3v) is 7.87. The fourth-order valence-electron chi connectivity index (χ4n) is 3.32. The summed E-state index contributed by atoms with van der Waals surface area (Å²) in [5.41, 5.74) is 1.52. The van der Waals surface area contributed by atoms with Crippen LogP contribution in [0.25, 0.3) is 0 Å². The lowest BCUT2D eigenvalue weighted by Crippen LogP contribution is -2.51. The predicted octanol–water partition coefficient (Wildman–Crippen LogP) is 2.36. The third-order valence-electron chi connectivity index (χ3n) is 4.77. The van der Waals surface area contributed by atoms with Crippen LogP contribution in [-0.2, 0) is 20.0 Å². The summed E-state index contributed by atoms with van der Waals surface area (Å²) < 4.78 is 59.2. The molecule has 1 heterocycles. The summed E-state index contributed by atoms with van der Waals surface area (Å²) in [6.45, 7) is 2.37. The summed E-state index contributed by atoms with van der Waals surface area (Å²) in [6.07, 6.45) is 0.581. The normalized spacial score (nSPS) is 19.5. The maximum Gasteiger partial charge on any atom is 0.244 e. The number of hydrogen-bond acceptors (Lipinski definition) is 5. The molecule has 2 aromatic carbocycles. The molecule has 3 rings (SSSR count). The van der Waals surface area contributed by atoms with Gasteiger partial charge in [0.25, 0.3) is 0 Å². The van der Waals surface area contributed by atoms with Crippen molar-refractivity contribution in [2.24, 2.45) is 0 Å². The monoisotopic (exact) mass is 424 g/mol. The second kappa shape index (κ2) is 7.82. The minimum Gasteiger partial charge on any atom is -0.497 e. The SMILES string of the molecule is COc1ccc([C@H]2N(S(C)(=O)=O)CCCN2S(=O)(=O)c2ccc(C)cc2)cc1. The van der Waals surface area contributed by atoms with Crippen molar-refractivity contribution in [3.63, 3.8) is 0 Å². The maximum absolute atomic E-state index is 13.4. The lowest BCUT2D eigenvalue weighted by Gasteiger charge is -2.41. The van der Waals surface area contributed by atoms with Gasteiger partial charge in [0.2, 0.25) is 20.0 Å². The molecule has 7 nitrogen and oxygen atoms in total. The summed E-state index contributed by atoms with van der Waals surface area (Å²) in [5.74, 6) is 0.610. The standard InChI is InChI=1S/C19H24N2O5S2/c1-15-5-11-18(12-6-15)28(24,25)21-14-4-13-20(27(3,22)23)19(21)16-7-9-17(26-2)10-8-16/h5-12,19H,4,13-14H2,1-3H3/t19-/m0/s1. The lowest BCUT2D eigenvalue weighted by molar-refractivity contribution is 0.136. The number of nitrogens with zero attached hydrogens (tertiary/aromatic N) is 2. The van der Waals surface area contributed by atoms with Crippen molar-refractivity contribution in [1.82, 2.24) is 8.61 Å². The first-order valence-electron chi connectivity index (χ1n) is 8.84. The number of ether oxygens (including phenoxy) is 1. The van der Waals surface area contributed by atoms with Crippen LogP contribution in [0.2, 0.25) is 0 Å². The molecule has 0 radical (unpaired) electrons. The first-order chi connectivity index (χ1) is 13.1. The van der Waals surface area contributed by atoms with E-state index in [1.807, 2.05) is 6.92 Å². The van der Waals surface area contributed by atoms with Crippen molar-refractivity contribution in [1.29, 1.82) is 0 Å². The zero-order valence-electron chi connectivity index (χ0n) is 16.1. The van der Waals surface area contributed by atoms with Crippen LogP contribution in [0.3, 0.4) is 0 Å². The maximum atomic E-state index is 13.4. The number of methoxy groups -OCH3 is 1.